The van der Waals surface area contributed by atoms with Crippen LogP contribution in [-0.4, -0.2) is 44.1 Å². The standard InChI is InChI=1S/C19H23F3N4O/c1-12-7-15(13(2)25(12)10-19(20,21)22)18(27)9-24-6-5-17-16(8-24)23-11-26(17)14-3-4-14/h7,11,14H,3-6,8-10H2,1-2H3. The van der Waals surface area contributed by atoms with Crippen molar-refractivity contribution in [1.29, 1.82) is 0 Å². The summed E-state index contributed by atoms with van der Waals surface area (Å²) >= 11 is 0. The average Bonchev–Trinajstić information content (AvgIpc) is 3.29. The van der Waals surface area contributed by atoms with E-state index in [1.165, 1.54) is 23.1 Å². The number of nitrogens with zero attached hydrogens (tertiary/aromatic N) is 4. The third-order valence-corrected chi connectivity index (χ3v) is 5.54. The highest BCUT2D eigenvalue weighted by atomic mass is 19.4. The molecular weight excluding hydrogens is 357 g/mol. The SMILES string of the molecule is Cc1cc(C(=O)CN2CCc3c(ncn3C3CC3)C2)c(C)n1CC(F)(F)F. The number of carbonyl (C=O) groups is 1. The Bertz CT molecular complexity index is 876. The van der Waals surface area contributed by atoms with E-state index in [0.717, 1.165) is 18.7 Å². The minimum Gasteiger partial charge on any atom is -0.339 e. The second-order valence-electron chi connectivity index (χ2n) is 7.65. The lowest BCUT2D eigenvalue weighted by Gasteiger charge is -2.26. The fourth-order valence-corrected chi connectivity index (χ4v) is 3.98. The Hall–Kier alpha value is -2.09. The van der Waals surface area contributed by atoms with Crippen molar-refractivity contribution in [1.82, 2.24) is 19.0 Å². The van der Waals surface area contributed by atoms with Crippen LogP contribution in [0.4, 0.5) is 13.2 Å². The van der Waals surface area contributed by atoms with Gasteiger partial charge in [0, 0.05) is 48.2 Å². The molecule has 4 rings (SSSR count). The number of hydrogen-bond donors (Lipinski definition) is 0. The van der Waals surface area contributed by atoms with Crippen LogP contribution in [0.5, 0.6) is 0 Å². The summed E-state index contributed by atoms with van der Waals surface area (Å²) < 4.78 is 41.7. The van der Waals surface area contributed by atoms with Crippen LogP contribution in [0.1, 0.15) is 52.0 Å². The van der Waals surface area contributed by atoms with Crippen molar-refractivity contribution in [3.05, 3.63) is 40.7 Å². The molecule has 2 aromatic heterocycles. The number of rotatable bonds is 5. The van der Waals surface area contributed by atoms with E-state index in [1.807, 2.05) is 11.2 Å². The molecule has 146 valence electrons. The molecule has 0 bridgehead atoms. The summed E-state index contributed by atoms with van der Waals surface area (Å²) in [5, 5.41) is 0. The van der Waals surface area contributed by atoms with Gasteiger partial charge in [0.25, 0.3) is 0 Å². The molecule has 0 radical (unpaired) electrons. The van der Waals surface area contributed by atoms with Gasteiger partial charge in [-0.25, -0.2) is 4.98 Å². The number of carbonyl (C=O) groups excluding carboxylic acids is 1. The number of fused-ring (bicyclic) bond motifs is 1. The topological polar surface area (TPSA) is 43.1 Å². The highest BCUT2D eigenvalue weighted by Crippen LogP contribution is 2.37. The molecule has 0 amide bonds. The van der Waals surface area contributed by atoms with E-state index in [-0.39, 0.29) is 12.3 Å². The number of ketones is 1. The highest BCUT2D eigenvalue weighted by Gasteiger charge is 2.32. The third-order valence-electron chi connectivity index (χ3n) is 5.54. The van der Waals surface area contributed by atoms with Crippen molar-refractivity contribution in [2.45, 2.75) is 58.4 Å². The van der Waals surface area contributed by atoms with Crippen LogP contribution in [-0.2, 0) is 19.5 Å². The number of halogens is 3. The van der Waals surface area contributed by atoms with Crippen LogP contribution in [0.25, 0.3) is 0 Å². The normalized spacial score (nSPS) is 18.0. The number of Topliss-reactive ketones (excluding diaryl/α,β-unsaturated/α-hetero) is 1. The molecule has 27 heavy (non-hydrogen) atoms. The first-order valence-electron chi connectivity index (χ1n) is 9.26. The van der Waals surface area contributed by atoms with E-state index < -0.39 is 12.7 Å². The Morgan fingerprint density at radius 1 is 1.30 bits per heavy atom. The van der Waals surface area contributed by atoms with E-state index in [0.29, 0.717) is 29.5 Å². The van der Waals surface area contributed by atoms with Crippen LogP contribution in [0, 0.1) is 13.8 Å². The van der Waals surface area contributed by atoms with Gasteiger partial charge in [-0.3, -0.25) is 9.69 Å². The molecular formula is C19H23F3N4O. The zero-order valence-corrected chi connectivity index (χ0v) is 15.5. The van der Waals surface area contributed by atoms with Gasteiger partial charge in [0.1, 0.15) is 6.54 Å². The first-order valence-corrected chi connectivity index (χ1v) is 9.26. The second kappa shape index (κ2) is 6.51. The van der Waals surface area contributed by atoms with Crippen LogP contribution in [0.3, 0.4) is 0 Å². The number of aromatic nitrogens is 3. The molecule has 0 atom stereocenters. The van der Waals surface area contributed by atoms with E-state index in [1.54, 1.807) is 19.9 Å². The van der Waals surface area contributed by atoms with Gasteiger partial charge in [0.05, 0.1) is 18.6 Å². The van der Waals surface area contributed by atoms with Crippen LogP contribution < -0.4 is 0 Å². The molecule has 0 aromatic carbocycles. The zero-order chi connectivity index (χ0) is 19.3. The molecule has 8 heteroatoms. The molecule has 0 unspecified atom stereocenters. The molecule has 2 aromatic rings. The summed E-state index contributed by atoms with van der Waals surface area (Å²) in [6.07, 6.45) is 0.861. The van der Waals surface area contributed by atoms with E-state index in [9.17, 15) is 18.0 Å². The summed E-state index contributed by atoms with van der Waals surface area (Å²) in [4.78, 5) is 19.3. The number of alkyl halides is 3. The minimum atomic E-state index is -4.31. The zero-order valence-electron chi connectivity index (χ0n) is 15.5. The molecule has 0 N–H and O–H groups in total. The van der Waals surface area contributed by atoms with E-state index in [2.05, 4.69) is 9.55 Å². The molecule has 0 saturated heterocycles. The average molecular weight is 380 g/mol. The minimum absolute atomic E-state index is 0.137. The van der Waals surface area contributed by atoms with E-state index >= 15 is 0 Å². The van der Waals surface area contributed by atoms with Crippen molar-refractivity contribution in [3.63, 3.8) is 0 Å². The van der Waals surface area contributed by atoms with Crippen molar-refractivity contribution < 1.29 is 18.0 Å². The Morgan fingerprint density at radius 3 is 2.70 bits per heavy atom. The Balaban J connectivity index is 1.46. The van der Waals surface area contributed by atoms with Gasteiger partial charge in [0.15, 0.2) is 5.78 Å². The van der Waals surface area contributed by atoms with Crippen molar-refractivity contribution >= 4 is 5.78 Å². The van der Waals surface area contributed by atoms with Crippen LogP contribution in [0.15, 0.2) is 12.4 Å². The summed E-state index contributed by atoms with van der Waals surface area (Å²) in [5.41, 5.74) is 3.50. The third kappa shape index (κ3) is 3.67. The molecule has 1 aliphatic heterocycles. The first-order chi connectivity index (χ1) is 12.7. The molecule has 1 saturated carbocycles. The second-order valence-corrected chi connectivity index (χ2v) is 7.65. The molecule has 2 aliphatic rings. The van der Waals surface area contributed by atoms with Crippen molar-refractivity contribution in [2.24, 2.45) is 0 Å². The summed E-state index contributed by atoms with van der Waals surface area (Å²) in [6, 6.07) is 2.16. The number of hydrogen-bond acceptors (Lipinski definition) is 3. The van der Waals surface area contributed by atoms with Gasteiger partial charge in [-0.2, -0.15) is 13.2 Å². The number of imidazole rings is 1. The largest absolute Gasteiger partial charge is 0.406 e. The van der Waals surface area contributed by atoms with Crippen LogP contribution >= 0.6 is 0 Å². The van der Waals surface area contributed by atoms with Gasteiger partial charge < -0.3 is 9.13 Å². The fraction of sp³-hybridized carbons (Fsp3) is 0.579. The lowest BCUT2D eigenvalue weighted by molar-refractivity contribution is -0.141. The predicted molar refractivity (Wildman–Crippen MR) is 93.8 cm³/mol. The highest BCUT2D eigenvalue weighted by molar-refractivity contribution is 5.99. The monoisotopic (exact) mass is 380 g/mol. The summed E-state index contributed by atoms with van der Waals surface area (Å²) in [6.45, 7) is 3.70. The smallest absolute Gasteiger partial charge is 0.339 e. The molecule has 3 heterocycles. The molecule has 5 nitrogen and oxygen atoms in total. The predicted octanol–water partition coefficient (Wildman–Crippen LogP) is 3.44. The lowest BCUT2D eigenvalue weighted by Crippen LogP contribution is -2.35. The molecule has 1 aliphatic carbocycles. The Labute approximate surface area is 155 Å². The van der Waals surface area contributed by atoms with Crippen molar-refractivity contribution in [2.75, 3.05) is 13.1 Å². The quantitative estimate of drug-likeness (QED) is 0.747. The maximum absolute atomic E-state index is 12.8. The van der Waals surface area contributed by atoms with E-state index in [4.69, 9.17) is 0 Å². The maximum atomic E-state index is 12.8. The van der Waals surface area contributed by atoms with Gasteiger partial charge in [0.2, 0.25) is 0 Å². The first kappa shape index (κ1) is 18.3. The lowest BCUT2D eigenvalue weighted by atomic mass is 10.1. The Morgan fingerprint density at radius 2 is 2.04 bits per heavy atom. The maximum Gasteiger partial charge on any atom is 0.406 e. The number of aryl methyl sites for hydroxylation is 1. The Kier molecular flexibility index (Phi) is 4.41. The summed E-state index contributed by atoms with van der Waals surface area (Å²) in [5.74, 6) is -0.137. The van der Waals surface area contributed by atoms with Crippen LogP contribution in [0.2, 0.25) is 0 Å². The van der Waals surface area contributed by atoms with Gasteiger partial charge in [-0.15, -0.1) is 0 Å². The fourth-order valence-electron chi connectivity index (χ4n) is 3.98. The van der Waals surface area contributed by atoms with Gasteiger partial charge in [-0.1, -0.05) is 0 Å². The van der Waals surface area contributed by atoms with Gasteiger partial charge >= 0.3 is 6.18 Å². The summed E-state index contributed by atoms with van der Waals surface area (Å²) in [7, 11) is 0. The molecule has 0 spiro atoms. The van der Waals surface area contributed by atoms with Crippen molar-refractivity contribution in [3.8, 4) is 0 Å². The molecule has 1 fully saturated rings. The van der Waals surface area contributed by atoms with Gasteiger partial charge in [-0.05, 0) is 32.8 Å².